The van der Waals surface area contributed by atoms with Crippen molar-refractivity contribution in [2.24, 2.45) is 0 Å². The maximum absolute atomic E-state index is 6.15. The lowest BCUT2D eigenvalue weighted by molar-refractivity contribution is -0.0372. The highest BCUT2D eigenvalue weighted by Crippen LogP contribution is 2.24. The summed E-state index contributed by atoms with van der Waals surface area (Å²) in [4.78, 5) is 2.30. The summed E-state index contributed by atoms with van der Waals surface area (Å²) in [6.45, 7) is 6.28. The zero-order valence-corrected chi connectivity index (χ0v) is 15.7. The van der Waals surface area contributed by atoms with Crippen LogP contribution in [0.4, 0.5) is 0 Å². The number of nitrogens with zero attached hydrogens (tertiary/aromatic N) is 2. The molecule has 1 saturated heterocycles. The fourth-order valence-electron chi connectivity index (χ4n) is 3.43. The monoisotopic (exact) mass is 370 g/mol. The molecule has 5 heteroatoms. The van der Waals surface area contributed by atoms with Crippen LogP contribution in [0.25, 0.3) is 10.9 Å². The number of rotatable bonds is 5. The molecule has 1 aliphatic rings. The first-order valence-electron chi connectivity index (χ1n) is 9.01. The van der Waals surface area contributed by atoms with Crippen LogP contribution >= 0.6 is 11.6 Å². The molecule has 1 fully saturated rings. The Hall–Kier alpha value is -2.01. The lowest BCUT2D eigenvalue weighted by atomic mass is 10.2. The summed E-state index contributed by atoms with van der Waals surface area (Å²) in [5.74, 6) is 0.900. The Kier molecular flexibility index (Phi) is 5.16. The number of aromatic nitrogens is 1. The van der Waals surface area contributed by atoms with Crippen molar-refractivity contribution < 1.29 is 9.47 Å². The molecule has 1 atom stereocenters. The van der Waals surface area contributed by atoms with E-state index in [2.05, 4.69) is 46.9 Å². The van der Waals surface area contributed by atoms with Gasteiger partial charge in [-0.3, -0.25) is 4.90 Å². The predicted molar refractivity (Wildman–Crippen MR) is 105 cm³/mol. The Morgan fingerprint density at radius 3 is 2.77 bits per heavy atom. The number of benzene rings is 2. The first-order chi connectivity index (χ1) is 12.7. The zero-order valence-electron chi connectivity index (χ0n) is 14.9. The van der Waals surface area contributed by atoms with Crippen LogP contribution in [0.1, 0.15) is 12.5 Å². The molecule has 0 bridgehead atoms. The molecule has 1 unspecified atom stereocenters. The fourth-order valence-corrected chi connectivity index (χ4v) is 3.65. The van der Waals surface area contributed by atoms with Gasteiger partial charge in [0.2, 0.25) is 0 Å². The van der Waals surface area contributed by atoms with E-state index in [0.717, 1.165) is 43.6 Å². The van der Waals surface area contributed by atoms with Gasteiger partial charge >= 0.3 is 0 Å². The van der Waals surface area contributed by atoms with Crippen LogP contribution in [0.5, 0.6) is 5.75 Å². The molecule has 4 nitrogen and oxygen atoms in total. The minimum absolute atomic E-state index is 0.0462. The molecule has 0 radical (unpaired) electrons. The van der Waals surface area contributed by atoms with Crippen molar-refractivity contribution in [1.29, 1.82) is 0 Å². The normalized spacial score (nSPS) is 16.7. The molecular weight excluding hydrogens is 348 g/mol. The van der Waals surface area contributed by atoms with Gasteiger partial charge in [-0.15, -0.1) is 0 Å². The molecule has 3 aromatic rings. The van der Waals surface area contributed by atoms with Crippen molar-refractivity contribution in [3.8, 4) is 5.75 Å². The summed E-state index contributed by atoms with van der Waals surface area (Å²) in [5, 5.41) is 1.95. The highest BCUT2D eigenvalue weighted by atomic mass is 35.5. The second kappa shape index (κ2) is 7.70. The highest BCUT2D eigenvalue weighted by Gasteiger charge is 2.18. The first kappa shape index (κ1) is 17.4. The number of morpholine rings is 1. The lowest BCUT2D eigenvalue weighted by Gasteiger charge is -2.32. The molecule has 0 saturated carbocycles. The van der Waals surface area contributed by atoms with Gasteiger partial charge in [0.1, 0.15) is 12.0 Å². The number of fused-ring (bicyclic) bond motifs is 1. The molecule has 1 aromatic heterocycles. The third-order valence-corrected chi connectivity index (χ3v) is 5.09. The van der Waals surface area contributed by atoms with Crippen LogP contribution in [-0.4, -0.2) is 42.0 Å². The van der Waals surface area contributed by atoms with Gasteiger partial charge in [-0.2, -0.15) is 0 Å². The van der Waals surface area contributed by atoms with Gasteiger partial charge in [-0.25, -0.2) is 0 Å². The van der Waals surface area contributed by atoms with Gasteiger partial charge in [-0.1, -0.05) is 23.7 Å². The molecule has 0 amide bonds. The van der Waals surface area contributed by atoms with Gasteiger partial charge < -0.3 is 14.0 Å². The van der Waals surface area contributed by atoms with E-state index in [-0.39, 0.29) is 6.23 Å². The average molecular weight is 371 g/mol. The second-order valence-electron chi connectivity index (χ2n) is 6.66. The molecule has 26 heavy (non-hydrogen) atoms. The third-order valence-electron chi connectivity index (χ3n) is 4.85. The van der Waals surface area contributed by atoms with Crippen LogP contribution in [0.15, 0.2) is 54.7 Å². The predicted octanol–water partition coefficient (Wildman–Crippen LogP) is 4.40. The van der Waals surface area contributed by atoms with Crippen molar-refractivity contribution in [1.82, 2.24) is 9.47 Å². The van der Waals surface area contributed by atoms with Gasteiger partial charge in [0.05, 0.1) is 13.2 Å². The van der Waals surface area contributed by atoms with Crippen molar-refractivity contribution in [3.63, 3.8) is 0 Å². The van der Waals surface area contributed by atoms with E-state index in [1.165, 1.54) is 16.5 Å². The van der Waals surface area contributed by atoms with Gasteiger partial charge in [-0.05, 0) is 48.9 Å². The maximum atomic E-state index is 6.15. The van der Waals surface area contributed by atoms with Gasteiger partial charge in [0, 0.05) is 41.8 Å². The molecule has 2 aromatic carbocycles. The zero-order chi connectivity index (χ0) is 17.9. The van der Waals surface area contributed by atoms with Gasteiger partial charge in [0.25, 0.3) is 0 Å². The summed E-state index contributed by atoms with van der Waals surface area (Å²) in [5.41, 5.74) is 2.38. The molecule has 0 N–H and O–H groups in total. The minimum Gasteiger partial charge on any atom is -0.475 e. The van der Waals surface area contributed by atoms with E-state index in [1.807, 2.05) is 24.3 Å². The van der Waals surface area contributed by atoms with E-state index in [4.69, 9.17) is 21.1 Å². The second-order valence-corrected chi connectivity index (χ2v) is 7.10. The summed E-state index contributed by atoms with van der Waals surface area (Å²) in [6, 6.07) is 16.4. The molecule has 136 valence electrons. The summed E-state index contributed by atoms with van der Waals surface area (Å²) >= 11 is 6.10. The van der Waals surface area contributed by atoms with Crippen molar-refractivity contribution in [2.45, 2.75) is 19.7 Å². The average Bonchev–Trinajstić information content (AvgIpc) is 3.04. The molecule has 0 spiro atoms. The Bertz CT molecular complexity index is 887. The quantitative estimate of drug-likeness (QED) is 0.666. The van der Waals surface area contributed by atoms with E-state index < -0.39 is 0 Å². The first-order valence-corrected chi connectivity index (χ1v) is 9.39. The van der Waals surface area contributed by atoms with Crippen LogP contribution in [0, 0.1) is 0 Å². The Morgan fingerprint density at radius 2 is 1.96 bits per heavy atom. The van der Waals surface area contributed by atoms with Crippen LogP contribution in [0.2, 0.25) is 5.02 Å². The SMILES string of the molecule is CC(Oc1ccc2c(ccn2Cc2cccc(Cl)c2)c1)N1CCOCC1. The summed E-state index contributed by atoms with van der Waals surface area (Å²) < 4.78 is 13.8. The number of halogens is 1. The number of hydrogen-bond donors (Lipinski definition) is 0. The van der Waals surface area contributed by atoms with Gasteiger partial charge in [0.15, 0.2) is 0 Å². The van der Waals surface area contributed by atoms with Crippen LogP contribution in [0.3, 0.4) is 0 Å². The molecule has 2 heterocycles. The smallest absolute Gasteiger partial charge is 0.149 e. The maximum Gasteiger partial charge on any atom is 0.149 e. The third kappa shape index (κ3) is 3.88. The fraction of sp³-hybridized carbons (Fsp3) is 0.333. The largest absolute Gasteiger partial charge is 0.475 e. The van der Waals surface area contributed by atoms with E-state index >= 15 is 0 Å². The van der Waals surface area contributed by atoms with E-state index in [1.54, 1.807) is 0 Å². The van der Waals surface area contributed by atoms with E-state index in [9.17, 15) is 0 Å². The Labute approximate surface area is 158 Å². The van der Waals surface area contributed by atoms with E-state index in [0.29, 0.717) is 0 Å². The molecule has 1 aliphatic heterocycles. The lowest BCUT2D eigenvalue weighted by Crippen LogP contribution is -2.44. The minimum atomic E-state index is 0.0462. The topological polar surface area (TPSA) is 26.6 Å². The molecular formula is C21H23ClN2O2. The molecule has 0 aliphatic carbocycles. The summed E-state index contributed by atoms with van der Waals surface area (Å²) in [6.07, 6.45) is 2.16. The molecule has 4 rings (SSSR count). The van der Waals surface area contributed by atoms with Crippen LogP contribution < -0.4 is 4.74 Å². The van der Waals surface area contributed by atoms with Crippen molar-refractivity contribution in [3.05, 3.63) is 65.3 Å². The highest BCUT2D eigenvalue weighted by molar-refractivity contribution is 6.30. The standard InChI is InChI=1S/C21H23ClN2O2/c1-16(23-9-11-25-12-10-23)26-20-5-6-21-18(14-20)7-8-24(21)15-17-3-2-4-19(22)13-17/h2-8,13-14,16H,9-12,15H2,1H3. The Balaban J connectivity index is 1.49. The number of ether oxygens (including phenoxy) is 2. The summed E-state index contributed by atoms with van der Waals surface area (Å²) in [7, 11) is 0. The Morgan fingerprint density at radius 1 is 1.12 bits per heavy atom. The van der Waals surface area contributed by atoms with Crippen LogP contribution in [-0.2, 0) is 11.3 Å². The van der Waals surface area contributed by atoms with Crippen molar-refractivity contribution >= 4 is 22.5 Å². The van der Waals surface area contributed by atoms with Crippen molar-refractivity contribution in [2.75, 3.05) is 26.3 Å². The number of hydrogen-bond acceptors (Lipinski definition) is 3.